The third kappa shape index (κ3) is 3.66. The number of aliphatic hydroxyl groups excluding tert-OH is 1. The lowest BCUT2D eigenvalue weighted by Gasteiger charge is -2.11. The van der Waals surface area contributed by atoms with Gasteiger partial charge in [-0.2, -0.15) is 0 Å². The van der Waals surface area contributed by atoms with Gasteiger partial charge in [-0.1, -0.05) is 17.7 Å². The van der Waals surface area contributed by atoms with Gasteiger partial charge in [-0.05, 0) is 42.0 Å². The molecule has 112 valence electrons. The van der Waals surface area contributed by atoms with Crippen LogP contribution in [0.25, 0.3) is 0 Å². The molecule has 7 heteroatoms. The average molecular weight is 328 g/mol. The van der Waals surface area contributed by atoms with Gasteiger partial charge in [0.15, 0.2) is 0 Å². The Morgan fingerprint density at radius 3 is 2.43 bits per heavy atom. The lowest BCUT2D eigenvalue weighted by molar-refractivity contribution is 0.281. The summed E-state index contributed by atoms with van der Waals surface area (Å²) in [7, 11) is -2.30. The Labute approximate surface area is 128 Å². The second-order valence-electron chi connectivity index (χ2n) is 4.26. The number of nitrogens with one attached hydrogen (secondary N) is 1. The molecule has 0 aromatic heterocycles. The van der Waals surface area contributed by atoms with Gasteiger partial charge in [0, 0.05) is 5.69 Å². The monoisotopic (exact) mass is 327 g/mol. The maximum atomic E-state index is 12.3. The zero-order valence-corrected chi connectivity index (χ0v) is 12.8. The standard InChI is InChI=1S/C14H14ClNO4S/c1-20-12-5-3-11(4-6-12)16-21(18,19)14-8-10(9-17)2-7-13(14)15/h2-8,16-17H,9H2,1H3. The molecule has 0 bridgehead atoms. The maximum Gasteiger partial charge on any atom is 0.263 e. The molecule has 21 heavy (non-hydrogen) atoms. The average Bonchev–Trinajstić information content (AvgIpc) is 2.48. The van der Waals surface area contributed by atoms with E-state index in [1.165, 1.54) is 19.2 Å². The number of hydrogen-bond acceptors (Lipinski definition) is 4. The van der Waals surface area contributed by atoms with E-state index < -0.39 is 10.0 Å². The Morgan fingerprint density at radius 1 is 1.19 bits per heavy atom. The van der Waals surface area contributed by atoms with Crippen molar-refractivity contribution in [2.75, 3.05) is 11.8 Å². The highest BCUT2D eigenvalue weighted by molar-refractivity contribution is 7.92. The van der Waals surface area contributed by atoms with Crippen molar-refractivity contribution in [1.29, 1.82) is 0 Å². The third-order valence-electron chi connectivity index (χ3n) is 2.81. The fraction of sp³-hybridized carbons (Fsp3) is 0.143. The highest BCUT2D eigenvalue weighted by Gasteiger charge is 2.18. The molecule has 0 spiro atoms. The van der Waals surface area contributed by atoms with Crippen LogP contribution in [0.5, 0.6) is 5.75 Å². The molecular formula is C14H14ClNO4S. The molecule has 2 aromatic rings. The van der Waals surface area contributed by atoms with Crippen LogP contribution in [-0.4, -0.2) is 20.6 Å². The normalized spacial score (nSPS) is 11.2. The van der Waals surface area contributed by atoms with E-state index in [4.69, 9.17) is 21.4 Å². The first-order chi connectivity index (χ1) is 9.96. The fourth-order valence-electron chi connectivity index (χ4n) is 1.72. The van der Waals surface area contributed by atoms with Crippen molar-refractivity contribution in [2.45, 2.75) is 11.5 Å². The number of methoxy groups -OCH3 is 1. The quantitative estimate of drug-likeness (QED) is 0.885. The van der Waals surface area contributed by atoms with Crippen molar-refractivity contribution in [3.8, 4) is 5.75 Å². The zero-order valence-electron chi connectivity index (χ0n) is 11.2. The van der Waals surface area contributed by atoms with Crippen molar-refractivity contribution in [3.05, 3.63) is 53.1 Å². The van der Waals surface area contributed by atoms with Crippen LogP contribution in [0.2, 0.25) is 5.02 Å². The summed E-state index contributed by atoms with van der Waals surface area (Å²) >= 11 is 5.93. The Balaban J connectivity index is 2.33. The van der Waals surface area contributed by atoms with Crippen molar-refractivity contribution >= 4 is 27.3 Å². The molecule has 0 saturated heterocycles. The number of sulfonamides is 1. The highest BCUT2D eigenvalue weighted by atomic mass is 35.5. The van der Waals surface area contributed by atoms with Crippen molar-refractivity contribution < 1.29 is 18.3 Å². The van der Waals surface area contributed by atoms with Crippen molar-refractivity contribution in [1.82, 2.24) is 0 Å². The lowest BCUT2D eigenvalue weighted by atomic mass is 10.2. The SMILES string of the molecule is COc1ccc(NS(=O)(=O)c2cc(CO)ccc2Cl)cc1. The Hall–Kier alpha value is -1.76. The van der Waals surface area contributed by atoms with Gasteiger partial charge in [0.1, 0.15) is 10.6 Å². The number of anilines is 1. The summed E-state index contributed by atoms with van der Waals surface area (Å²) in [6.45, 7) is -0.262. The summed E-state index contributed by atoms with van der Waals surface area (Å²) in [5, 5.41) is 9.18. The topological polar surface area (TPSA) is 75.6 Å². The molecule has 5 nitrogen and oxygen atoms in total. The summed E-state index contributed by atoms with van der Waals surface area (Å²) in [6, 6.07) is 10.8. The molecular weight excluding hydrogens is 314 g/mol. The molecule has 0 unspecified atom stereocenters. The lowest BCUT2D eigenvalue weighted by Crippen LogP contribution is -2.13. The van der Waals surface area contributed by atoms with E-state index in [0.717, 1.165) is 0 Å². The summed E-state index contributed by atoms with van der Waals surface area (Å²) in [5.74, 6) is 0.623. The second-order valence-corrected chi connectivity index (χ2v) is 6.31. The zero-order chi connectivity index (χ0) is 15.5. The van der Waals surface area contributed by atoms with Crippen LogP contribution in [0.1, 0.15) is 5.56 Å². The van der Waals surface area contributed by atoms with Gasteiger partial charge in [-0.25, -0.2) is 8.42 Å². The summed E-state index contributed by atoms with van der Waals surface area (Å²) in [5.41, 5.74) is 0.857. The highest BCUT2D eigenvalue weighted by Crippen LogP contribution is 2.25. The number of halogens is 1. The van der Waals surface area contributed by atoms with Gasteiger partial charge in [0.05, 0.1) is 18.7 Å². The number of benzene rings is 2. The van der Waals surface area contributed by atoms with Gasteiger partial charge >= 0.3 is 0 Å². The van der Waals surface area contributed by atoms with Gasteiger partial charge in [-0.15, -0.1) is 0 Å². The molecule has 0 aliphatic rings. The second kappa shape index (κ2) is 6.34. The van der Waals surface area contributed by atoms with Crippen LogP contribution in [0.15, 0.2) is 47.4 Å². The van der Waals surface area contributed by atoms with Crippen LogP contribution in [0, 0.1) is 0 Å². The molecule has 0 aliphatic carbocycles. The number of ether oxygens (including phenoxy) is 1. The first-order valence-corrected chi connectivity index (χ1v) is 7.88. The smallest absolute Gasteiger partial charge is 0.263 e. The van der Waals surface area contributed by atoms with Crippen LogP contribution in [-0.2, 0) is 16.6 Å². The Kier molecular flexibility index (Phi) is 4.72. The molecule has 0 fully saturated rings. The number of rotatable bonds is 5. The van der Waals surface area contributed by atoms with Crippen LogP contribution < -0.4 is 9.46 Å². The largest absolute Gasteiger partial charge is 0.497 e. The van der Waals surface area contributed by atoms with E-state index in [9.17, 15) is 8.42 Å². The number of hydrogen-bond donors (Lipinski definition) is 2. The van der Waals surface area contributed by atoms with E-state index in [-0.39, 0.29) is 16.5 Å². The van der Waals surface area contributed by atoms with E-state index in [1.54, 1.807) is 30.3 Å². The first-order valence-electron chi connectivity index (χ1n) is 6.02. The van der Waals surface area contributed by atoms with E-state index in [1.807, 2.05) is 0 Å². The Morgan fingerprint density at radius 2 is 1.86 bits per heavy atom. The van der Waals surface area contributed by atoms with Crippen LogP contribution >= 0.6 is 11.6 Å². The molecule has 0 atom stereocenters. The van der Waals surface area contributed by atoms with Crippen LogP contribution in [0.3, 0.4) is 0 Å². The number of aliphatic hydroxyl groups is 1. The first kappa shape index (κ1) is 15.6. The molecule has 2 N–H and O–H groups in total. The Bertz CT molecular complexity index is 729. The predicted molar refractivity (Wildman–Crippen MR) is 81.2 cm³/mol. The van der Waals surface area contributed by atoms with E-state index in [0.29, 0.717) is 17.0 Å². The minimum atomic E-state index is -3.83. The molecule has 0 aliphatic heterocycles. The van der Waals surface area contributed by atoms with Gasteiger partial charge < -0.3 is 9.84 Å². The molecule has 2 rings (SSSR count). The molecule has 2 aromatic carbocycles. The molecule has 0 saturated carbocycles. The summed E-state index contributed by atoms with van der Waals surface area (Å²) in [6.07, 6.45) is 0. The maximum absolute atomic E-state index is 12.3. The van der Waals surface area contributed by atoms with Crippen LogP contribution in [0.4, 0.5) is 5.69 Å². The van der Waals surface area contributed by atoms with E-state index in [2.05, 4.69) is 4.72 Å². The van der Waals surface area contributed by atoms with E-state index >= 15 is 0 Å². The van der Waals surface area contributed by atoms with Gasteiger partial charge in [0.25, 0.3) is 10.0 Å². The summed E-state index contributed by atoms with van der Waals surface area (Å²) < 4.78 is 32.1. The fourth-order valence-corrected chi connectivity index (χ4v) is 3.33. The third-order valence-corrected chi connectivity index (χ3v) is 4.67. The minimum absolute atomic E-state index is 0.0773. The minimum Gasteiger partial charge on any atom is -0.497 e. The van der Waals surface area contributed by atoms with Crippen molar-refractivity contribution in [2.24, 2.45) is 0 Å². The van der Waals surface area contributed by atoms with Gasteiger partial charge in [-0.3, -0.25) is 4.72 Å². The molecule has 0 heterocycles. The van der Waals surface area contributed by atoms with Crippen molar-refractivity contribution in [3.63, 3.8) is 0 Å². The molecule has 0 radical (unpaired) electrons. The molecule has 0 amide bonds. The summed E-state index contributed by atoms with van der Waals surface area (Å²) in [4.78, 5) is -0.0773. The predicted octanol–water partition coefficient (Wildman–Crippen LogP) is 2.64. The van der Waals surface area contributed by atoms with Gasteiger partial charge in [0.2, 0.25) is 0 Å².